The number of aromatic amines is 1. The number of fused-ring (bicyclic) bond motifs is 1. The number of carbonyl (C=O) groups is 1. The van der Waals surface area contributed by atoms with Crippen LogP contribution in [0.2, 0.25) is 0 Å². The summed E-state index contributed by atoms with van der Waals surface area (Å²) in [5, 5.41) is 6.04. The molecule has 2 N–H and O–H groups in total. The molecule has 0 unspecified atom stereocenters. The molecule has 0 aliphatic carbocycles. The number of aromatic nitrogens is 1. The molecule has 0 radical (unpaired) electrons. The Bertz CT molecular complexity index is 748. The Kier molecular flexibility index (Phi) is 3.63. The molecule has 2 heterocycles. The molecule has 2 aromatic heterocycles. The molecule has 1 atom stereocenters. The van der Waals surface area contributed by atoms with Gasteiger partial charge in [0.2, 0.25) is 0 Å². The lowest BCUT2D eigenvalue weighted by atomic mass is 10.2. The zero-order valence-corrected chi connectivity index (χ0v) is 13.2. The monoisotopic (exact) mass is 348 g/mol. The molecule has 20 heavy (non-hydrogen) atoms. The van der Waals surface area contributed by atoms with Gasteiger partial charge in [0.25, 0.3) is 5.91 Å². The van der Waals surface area contributed by atoms with Gasteiger partial charge in [-0.05, 0) is 42.6 Å². The third-order valence-electron chi connectivity index (χ3n) is 3.14. The van der Waals surface area contributed by atoms with Crippen LogP contribution in [0.3, 0.4) is 0 Å². The Hall–Kier alpha value is -1.59. The van der Waals surface area contributed by atoms with Crippen molar-refractivity contribution in [3.05, 3.63) is 56.8 Å². The highest BCUT2D eigenvalue weighted by molar-refractivity contribution is 9.10. The minimum atomic E-state index is -0.0850. The Labute approximate surface area is 129 Å². The van der Waals surface area contributed by atoms with Crippen molar-refractivity contribution in [3.8, 4) is 0 Å². The highest BCUT2D eigenvalue weighted by Crippen LogP contribution is 2.22. The lowest BCUT2D eigenvalue weighted by Gasteiger charge is -2.10. The summed E-state index contributed by atoms with van der Waals surface area (Å²) < 4.78 is 1.00. The average molecular weight is 349 g/mol. The van der Waals surface area contributed by atoms with Gasteiger partial charge in [-0.15, -0.1) is 11.3 Å². The minimum absolute atomic E-state index is 0.0145. The average Bonchev–Trinajstić information content (AvgIpc) is 3.07. The van der Waals surface area contributed by atoms with Crippen molar-refractivity contribution >= 4 is 44.1 Å². The summed E-state index contributed by atoms with van der Waals surface area (Å²) in [7, 11) is 0. The van der Waals surface area contributed by atoms with Gasteiger partial charge in [-0.25, -0.2) is 0 Å². The number of hydrogen-bond acceptors (Lipinski definition) is 2. The maximum Gasteiger partial charge on any atom is 0.268 e. The van der Waals surface area contributed by atoms with Crippen molar-refractivity contribution in [1.82, 2.24) is 10.3 Å². The highest BCUT2D eigenvalue weighted by Gasteiger charge is 2.14. The molecule has 3 aromatic rings. The van der Waals surface area contributed by atoms with Gasteiger partial charge in [-0.3, -0.25) is 4.79 Å². The maximum atomic E-state index is 12.3. The van der Waals surface area contributed by atoms with E-state index in [1.807, 2.05) is 48.7 Å². The third kappa shape index (κ3) is 2.64. The number of carbonyl (C=O) groups excluding carboxylic acids is 1. The SMILES string of the molecule is C[C@H](NC(=O)c1cc2cc(Br)ccc2[nH]1)c1cccs1. The first-order valence-corrected chi connectivity index (χ1v) is 7.93. The highest BCUT2D eigenvalue weighted by atomic mass is 79.9. The fourth-order valence-corrected chi connectivity index (χ4v) is 3.22. The van der Waals surface area contributed by atoms with Crippen LogP contribution in [0, 0.1) is 0 Å². The smallest absolute Gasteiger partial charge is 0.268 e. The summed E-state index contributed by atoms with van der Waals surface area (Å²) in [6.07, 6.45) is 0. The van der Waals surface area contributed by atoms with E-state index >= 15 is 0 Å². The van der Waals surface area contributed by atoms with Crippen LogP contribution in [0.5, 0.6) is 0 Å². The summed E-state index contributed by atoms with van der Waals surface area (Å²) in [5.74, 6) is -0.0850. The van der Waals surface area contributed by atoms with Crippen molar-refractivity contribution in [1.29, 1.82) is 0 Å². The second-order valence-corrected chi connectivity index (χ2v) is 6.52. The van der Waals surface area contributed by atoms with Crippen molar-refractivity contribution < 1.29 is 4.79 Å². The molecule has 0 aliphatic heterocycles. The normalized spacial score (nSPS) is 12.5. The number of H-pyrrole nitrogens is 1. The van der Waals surface area contributed by atoms with Crippen LogP contribution in [-0.4, -0.2) is 10.9 Å². The van der Waals surface area contributed by atoms with E-state index in [1.165, 1.54) is 0 Å². The van der Waals surface area contributed by atoms with Crippen molar-refractivity contribution in [2.75, 3.05) is 0 Å². The zero-order chi connectivity index (χ0) is 14.1. The number of rotatable bonds is 3. The number of nitrogens with one attached hydrogen (secondary N) is 2. The summed E-state index contributed by atoms with van der Waals surface area (Å²) >= 11 is 5.08. The summed E-state index contributed by atoms with van der Waals surface area (Å²) in [6.45, 7) is 1.99. The number of halogens is 1. The predicted molar refractivity (Wildman–Crippen MR) is 86.2 cm³/mol. The van der Waals surface area contributed by atoms with Gasteiger partial charge in [0, 0.05) is 20.3 Å². The van der Waals surface area contributed by atoms with Gasteiger partial charge in [0.1, 0.15) is 5.69 Å². The lowest BCUT2D eigenvalue weighted by molar-refractivity contribution is 0.0936. The maximum absolute atomic E-state index is 12.3. The molecule has 0 spiro atoms. The van der Waals surface area contributed by atoms with E-state index in [1.54, 1.807) is 11.3 Å². The second kappa shape index (κ2) is 5.42. The molecule has 5 heteroatoms. The van der Waals surface area contributed by atoms with E-state index in [0.717, 1.165) is 20.3 Å². The quantitative estimate of drug-likeness (QED) is 0.719. The predicted octanol–water partition coefficient (Wildman–Crippen LogP) is 4.48. The molecule has 0 saturated carbocycles. The van der Waals surface area contributed by atoms with E-state index in [4.69, 9.17) is 0 Å². The second-order valence-electron chi connectivity index (χ2n) is 4.63. The fraction of sp³-hybridized carbons (Fsp3) is 0.133. The van der Waals surface area contributed by atoms with Crippen LogP contribution < -0.4 is 5.32 Å². The molecule has 0 saturated heterocycles. The molecular formula is C15H13BrN2OS. The van der Waals surface area contributed by atoms with Crippen LogP contribution in [0.25, 0.3) is 10.9 Å². The first-order valence-electron chi connectivity index (χ1n) is 6.26. The van der Waals surface area contributed by atoms with E-state index in [9.17, 15) is 4.79 Å². The van der Waals surface area contributed by atoms with Gasteiger partial charge in [-0.2, -0.15) is 0 Å². The third-order valence-corrected chi connectivity index (χ3v) is 4.69. The Balaban J connectivity index is 1.82. The number of benzene rings is 1. The van der Waals surface area contributed by atoms with Gasteiger partial charge >= 0.3 is 0 Å². The largest absolute Gasteiger partial charge is 0.351 e. The van der Waals surface area contributed by atoms with Crippen LogP contribution in [0.1, 0.15) is 28.3 Å². The van der Waals surface area contributed by atoms with Gasteiger partial charge in [0.15, 0.2) is 0 Å². The zero-order valence-electron chi connectivity index (χ0n) is 10.8. The molecule has 0 fully saturated rings. The van der Waals surface area contributed by atoms with Crippen molar-refractivity contribution in [2.45, 2.75) is 13.0 Å². The van der Waals surface area contributed by atoms with Gasteiger partial charge < -0.3 is 10.3 Å². The van der Waals surface area contributed by atoms with E-state index < -0.39 is 0 Å². The number of hydrogen-bond donors (Lipinski definition) is 2. The van der Waals surface area contributed by atoms with Gasteiger partial charge in [-0.1, -0.05) is 22.0 Å². The Morgan fingerprint density at radius 3 is 2.95 bits per heavy atom. The molecule has 0 aliphatic rings. The summed E-state index contributed by atoms with van der Waals surface area (Å²) in [4.78, 5) is 16.5. The van der Waals surface area contributed by atoms with E-state index in [0.29, 0.717) is 5.69 Å². The fourth-order valence-electron chi connectivity index (χ4n) is 2.11. The summed E-state index contributed by atoms with van der Waals surface area (Å²) in [6, 6.07) is 11.8. The Morgan fingerprint density at radius 2 is 2.20 bits per heavy atom. The molecule has 0 bridgehead atoms. The molecule has 3 nitrogen and oxygen atoms in total. The summed E-state index contributed by atoms with van der Waals surface area (Å²) in [5.41, 5.74) is 1.55. The van der Waals surface area contributed by atoms with Crippen LogP contribution in [0.15, 0.2) is 46.3 Å². The molecule has 1 aromatic carbocycles. The van der Waals surface area contributed by atoms with E-state index in [2.05, 4.69) is 26.2 Å². The van der Waals surface area contributed by atoms with Crippen LogP contribution in [-0.2, 0) is 0 Å². The Morgan fingerprint density at radius 1 is 1.35 bits per heavy atom. The molecule has 1 amide bonds. The first kappa shape index (κ1) is 13.4. The first-order chi connectivity index (χ1) is 9.63. The number of thiophene rings is 1. The molecule has 3 rings (SSSR count). The van der Waals surface area contributed by atoms with Crippen LogP contribution in [0.4, 0.5) is 0 Å². The van der Waals surface area contributed by atoms with Crippen molar-refractivity contribution in [2.24, 2.45) is 0 Å². The number of amides is 1. The molecule has 102 valence electrons. The topological polar surface area (TPSA) is 44.9 Å². The minimum Gasteiger partial charge on any atom is -0.351 e. The van der Waals surface area contributed by atoms with Gasteiger partial charge in [0.05, 0.1) is 6.04 Å². The van der Waals surface area contributed by atoms with Crippen molar-refractivity contribution in [3.63, 3.8) is 0 Å². The van der Waals surface area contributed by atoms with E-state index in [-0.39, 0.29) is 11.9 Å². The molecular weight excluding hydrogens is 336 g/mol. The standard InChI is InChI=1S/C15H13BrN2OS/c1-9(14-3-2-6-20-14)17-15(19)13-8-10-7-11(16)4-5-12(10)18-13/h2-9,18H,1H3,(H,17,19)/t9-/m0/s1. The van der Waals surface area contributed by atoms with Crippen LogP contribution >= 0.6 is 27.3 Å². The lowest BCUT2D eigenvalue weighted by Crippen LogP contribution is -2.26.